The number of rotatable bonds is 8. The quantitative estimate of drug-likeness (QED) is 0.518. The van der Waals surface area contributed by atoms with Crippen molar-refractivity contribution in [3.63, 3.8) is 0 Å². The van der Waals surface area contributed by atoms with E-state index in [9.17, 15) is 4.79 Å². The van der Waals surface area contributed by atoms with Crippen molar-refractivity contribution in [2.45, 2.75) is 61.5 Å². The van der Waals surface area contributed by atoms with Gasteiger partial charge in [-0.3, -0.25) is 4.79 Å². The van der Waals surface area contributed by atoms with E-state index in [2.05, 4.69) is 32.4 Å². The molecule has 5 nitrogen and oxygen atoms in total. The second-order valence-electron chi connectivity index (χ2n) is 6.95. The first kappa shape index (κ1) is 20.3. The third-order valence-electron chi connectivity index (χ3n) is 5.16. The summed E-state index contributed by atoms with van der Waals surface area (Å²) in [6, 6.07) is 6.57. The Morgan fingerprint density at radius 2 is 2.00 bits per heavy atom. The van der Waals surface area contributed by atoms with E-state index in [1.807, 2.05) is 25.3 Å². The number of nitrogens with one attached hydrogen (secondary N) is 1. The molecule has 0 bridgehead atoms. The molecule has 0 spiro atoms. The monoisotopic (exact) mass is 404 g/mol. The highest BCUT2D eigenvalue weighted by molar-refractivity contribution is 7.98. The van der Waals surface area contributed by atoms with Crippen LogP contribution in [0.2, 0.25) is 0 Å². The second-order valence-corrected chi connectivity index (χ2v) is 8.60. The van der Waals surface area contributed by atoms with Gasteiger partial charge in [0.15, 0.2) is 5.16 Å². The van der Waals surface area contributed by atoms with Crippen molar-refractivity contribution in [1.82, 2.24) is 20.1 Å². The van der Waals surface area contributed by atoms with E-state index in [0.717, 1.165) is 39.8 Å². The molecule has 3 rings (SSSR count). The zero-order chi connectivity index (χ0) is 19.2. The number of benzene rings is 1. The van der Waals surface area contributed by atoms with Crippen LogP contribution in [0.4, 0.5) is 0 Å². The van der Waals surface area contributed by atoms with Crippen molar-refractivity contribution < 1.29 is 4.79 Å². The lowest BCUT2D eigenvalue weighted by atomic mass is 10.1. The lowest BCUT2D eigenvalue weighted by molar-refractivity contribution is 0.0952. The van der Waals surface area contributed by atoms with Gasteiger partial charge in [-0.05, 0) is 56.4 Å². The van der Waals surface area contributed by atoms with E-state index in [1.165, 1.54) is 25.7 Å². The SMILES string of the molecule is CSc1ccc(C)c(C(=O)NCCCc2nnc(SC)n2C2CCCC2)c1. The van der Waals surface area contributed by atoms with Gasteiger partial charge < -0.3 is 9.88 Å². The predicted molar refractivity (Wildman–Crippen MR) is 113 cm³/mol. The molecule has 1 aliphatic rings. The summed E-state index contributed by atoms with van der Waals surface area (Å²) in [5.41, 5.74) is 1.77. The third kappa shape index (κ3) is 4.88. The van der Waals surface area contributed by atoms with Crippen LogP contribution in [0.3, 0.4) is 0 Å². The molecule has 1 heterocycles. The third-order valence-corrected chi connectivity index (χ3v) is 6.53. The minimum Gasteiger partial charge on any atom is -0.352 e. The summed E-state index contributed by atoms with van der Waals surface area (Å²) >= 11 is 3.32. The minimum atomic E-state index is 0.00506. The molecule has 0 aliphatic heterocycles. The van der Waals surface area contributed by atoms with Crippen LogP contribution in [0.25, 0.3) is 0 Å². The fraction of sp³-hybridized carbons (Fsp3) is 0.550. The fourth-order valence-corrected chi connectivity index (χ4v) is 4.68. The minimum absolute atomic E-state index is 0.00506. The lowest BCUT2D eigenvalue weighted by Crippen LogP contribution is -2.26. The number of aromatic nitrogens is 3. The van der Waals surface area contributed by atoms with Crippen LogP contribution >= 0.6 is 23.5 Å². The molecule has 1 aromatic carbocycles. The number of hydrogen-bond donors (Lipinski definition) is 1. The van der Waals surface area contributed by atoms with Gasteiger partial charge >= 0.3 is 0 Å². The van der Waals surface area contributed by atoms with Crippen LogP contribution in [-0.2, 0) is 6.42 Å². The molecular formula is C20H28N4OS2. The highest BCUT2D eigenvalue weighted by atomic mass is 32.2. The number of carbonyl (C=O) groups excluding carboxylic acids is 1. The van der Waals surface area contributed by atoms with E-state index in [4.69, 9.17) is 0 Å². The van der Waals surface area contributed by atoms with E-state index in [1.54, 1.807) is 23.5 Å². The Labute approximate surface area is 170 Å². The number of carbonyl (C=O) groups is 1. The maximum atomic E-state index is 12.5. The largest absolute Gasteiger partial charge is 0.352 e. The lowest BCUT2D eigenvalue weighted by Gasteiger charge is -2.16. The average molecular weight is 405 g/mol. The summed E-state index contributed by atoms with van der Waals surface area (Å²) in [6.07, 6.45) is 10.8. The zero-order valence-corrected chi connectivity index (χ0v) is 18.0. The van der Waals surface area contributed by atoms with Crippen LogP contribution < -0.4 is 5.32 Å². The first-order valence-corrected chi connectivity index (χ1v) is 12.0. The molecule has 1 N–H and O–H groups in total. The van der Waals surface area contributed by atoms with Crippen molar-refractivity contribution in [3.05, 3.63) is 35.2 Å². The maximum Gasteiger partial charge on any atom is 0.251 e. The Balaban J connectivity index is 1.56. The number of amides is 1. The fourth-order valence-electron chi connectivity index (χ4n) is 3.66. The predicted octanol–water partition coefficient (Wildman–Crippen LogP) is 4.51. The molecule has 1 aliphatic carbocycles. The summed E-state index contributed by atoms with van der Waals surface area (Å²) in [5.74, 6) is 1.06. The van der Waals surface area contributed by atoms with E-state index >= 15 is 0 Å². The number of aryl methyl sites for hydroxylation is 2. The molecule has 0 atom stereocenters. The van der Waals surface area contributed by atoms with Crippen LogP contribution in [0, 0.1) is 6.92 Å². The molecule has 1 fully saturated rings. The number of hydrogen-bond acceptors (Lipinski definition) is 5. The molecule has 1 amide bonds. The van der Waals surface area contributed by atoms with Gasteiger partial charge in [0.2, 0.25) is 0 Å². The molecular weight excluding hydrogens is 376 g/mol. The standard InChI is InChI=1S/C20H28N4OS2/c1-14-10-11-16(26-2)13-17(14)19(25)21-12-6-9-18-22-23-20(27-3)24(18)15-7-4-5-8-15/h10-11,13,15H,4-9,12H2,1-3H3,(H,21,25). The molecule has 0 saturated heterocycles. The summed E-state index contributed by atoms with van der Waals surface area (Å²) in [6.45, 7) is 2.63. The van der Waals surface area contributed by atoms with Crippen molar-refractivity contribution >= 4 is 29.4 Å². The second kappa shape index (κ2) is 9.64. The first-order valence-electron chi connectivity index (χ1n) is 9.54. The van der Waals surface area contributed by atoms with Crippen LogP contribution in [0.15, 0.2) is 28.3 Å². The highest BCUT2D eigenvalue weighted by Gasteiger charge is 2.23. The number of nitrogens with zero attached hydrogens (tertiary/aromatic N) is 3. The van der Waals surface area contributed by atoms with Gasteiger partial charge in [-0.25, -0.2) is 0 Å². The van der Waals surface area contributed by atoms with Gasteiger partial charge in [0.25, 0.3) is 5.91 Å². The molecule has 27 heavy (non-hydrogen) atoms. The normalized spacial score (nSPS) is 14.6. The van der Waals surface area contributed by atoms with Gasteiger partial charge in [0, 0.05) is 29.5 Å². The van der Waals surface area contributed by atoms with E-state index in [0.29, 0.717) is 12.6 Å². The summed E-state index contributed by atoms with van der Waals surface area (Å²) in [7, 11) is 0. The van der Waals surface area contributed by atoms with Gasteiger partial charge in [-0.15, -0.1) is 22.0 Å². The van der Waals surface area contributed by atoms with E-state index in [-0.39, 0.29) is 5.91 Å². The van der Waals surface area contributed by atoms with Gasteiger partial charge in [-0.2, -0.15) is 0 Å². The molecule has 0 radical (unpaired) electrons. The Bertz CT molecular complexity index is 784. The summed E-state index contributed by atoms with van der Waals surface area (Å²) < 4.78 is 2.34. The van der Waals surface area contributed by atoms with Crippen molar-refractivity contribution in [2.75, 3.05) is 19.1 Å². The topological polar surface area (TPSA) is 59.8 Å². The highest BCUT2D eigenvalue weighted by Crippen LogP contribution is 2.33. The van der Waals surface area contributed by atoms with Gasteiger partial charge in [0.05, 0.1) is 0 Å². The first-order chi connectivity index (χ1) is 13.1. The zero-order valence-electron chi connectivity index (χ0n) is 16.3. The molecule has 0 unspecified atom stereocenters. The van der Waals surface area contributed by atoms with Crippen LogP contribution in [-0.4, -0.2) is 39.7 Å². The summed E-state index contributed by atoms with van der Waals surface area (Å²) in [4.78, 5) is 13.6. The summed E-state index contributed by atoms with van der Waals surface area (Å²) in [5, 5.41) is 12.9. The molecule has 1 aromatic heterocycles. The van der Waals surface area contributed by atoms with Crippen molar-refractivity contribution in [3.8, 4) is 0 Å². The molecule has 1 saturated carbocycles. The smallest absolute Gasteiger partial charge is 0.251 e. The van der Waals surface area contributed by atoms with Crippen LogP contribution in [0.5, 0.6) is 0 Å². The van der Waals surface area contributed by atoms with Crippen molar-refractivity contribution in [1.29, 1.82) is 0 Å². The Hall–Kier alpha value is -1.47. The Morgan fingerprint density at radius 1 is 1.22 bits per heavy atom. The van der Waals surface area contributed by atoms with E-state index < -0.39 is 0 Å². The molecule has 146 valence electrons. The molecule has 7 heteroatoms. The number of thioether (sulfide) groups is 2. The maximum absolute atomic E-state index is 12.5. The van der Waals surface area contributed by atoms with Crippen LogP contribution in [0.1, 0.15) is 59.9 Å². The Kier molecular flexibility index (Phi) is 7.24. The van der Waals surface area contributed by atoms with Gasteiger partial charge in [0.1, 0.15) is 5.82 Å². The molecule has 2 aromatic rings. The van der Waals surface area contributed by atoms with Crippen molar-refractivity contribution in [2.24, 2.45) is 0 Å². The van der Waals surface area contributed by atoms with Gasteiger partial charge in [-0.1, -0.05) is 30.7 Å². The Morgan fingerprint density at radius 3 is 2.70 bits per heavy atom. The average Bonchev–Trinajstić information content (AvgIpc) is 3.34.